The Labute approximate surface area is 94.2 Å². The van der Waals surface area contributed by atoms with Crippen LogP contribution in [0.25, 0.3) is 0 Å². The van der Waals surface area contributed by atoms with Crippen LogP contribution in [0.4, 0.5) is 0 Å². The van der Waals surface area contributed by atoms with E-state index in [1.54, 1.807) is 0 Å². The fourth-order valence-electron chi connectivity index (χ4n) is 2.33. The Morgan fingerprint density at radius 2 is 2.38 bits per heavy atom. The van der Waals surface area contributed by atoms with Gasteiger partial charge in [0.25, 0.3) is 5.70 Å². The largest absolute Gasteiger partial charge is 0.391 e. The number of β-amino-alcohol motifs (C(OH)–C–C–N with tert-alkyl or cyclic N) is 1. The van der Waals surface area contributed by atoms with Crippen LogP contribution >= 0.6 is 0 Å². The number of hydrogen-bond acceptors (Lipinski definition) is 4. The number of rotatable bonds is 2. The zero-order chi connectivity index (χ0) is 11.7. The molecule has 0 amide bonds. The summed E-state index contributed by atoms with van der Waals surface area (Å²) in [5, 5.41) is 20.5. The van der Waals surface area contributed by atoms with Crippen molar-refractivity contribution in [2.45, 2.75) is 25.9 Å². The van der Waals surface area contributed by atoms with Crippen LogP contribution in [-0.2, 0) is 0 Å². The highest BCUT2D eigenvalue weighted by atomic mass is 16.6. The van der Waals surface area contributed by atoms with Gasteiger partial charge in [-0.2, -0.15) is 0 Å². The topological polar surface area (TPSA) is 66.6 Å². The summed E-state index contributed by atoms with van der Waals surface area (Å²) in [6.07, 6.45) is 4.84. The van der Waals surface area contributed by atoms with Gasteiger partial charge in [0, 0.05) is 13.1 Å². The minimum atomic E-state index is -0.355. The van der Waals surface area contributed by atoms with Crippen LogP contribution in [0, 0.1) is 16.0 Å². The molecule has 1 heterocycles. The smallest absolute Gasteiger partial charge is 0.272 e. The predicted molar refractivity (Wildman–Crippen MR) is 59.1 cm³/mol. The van der Waals surface area contributed by atoms with Crippen molar-refractivity contribution in [2.75, 3.05) is 13.1 Å². The van der Waals surface area contributed by atoms with Gasteiger partial charge in [0.05, 0.1) is 16.9 Å². The number of nitro groups is 1. The average Bonchev–Trinajstić information content (AvgIpc) is 2.63. The van der Waals surface area contributed by atoms with Crippen molar-refractivity contribution < 1.29 is 10.0 Å². The molecule has 1 saturated heterocycles. The van der Waals surface area contributed by atoms with Crippen LogP contribution < -0.4 is 0 Å². The van der Waals surface area contributed by atoms with E-state index in [2.05, 4.69) is 0 Å². The number of likely N-dealkylation sites (tertiary alicyclic amines) is 1. The molecule has 1 aliphatic heterocycles. The molecule has 2 unspecified atom stereocenters. The minimum absolute atomic E-state index is 0.0484. The molecule has 5 heteroatoms. The maximum absolute atomic E-state index is 11.0. The lowest BCUT2D eigenvalue weighted by Crippen LogP contribution is -2.27. The van der Waals surface area contributed by atoms with E-state index >= 15 is 0 Å². The lowest BCUT2D eigenvalue weighted by molar-refractivity contribution is -0.435. The van der Waals surface area contributed by atoms with Crippen molar-refractivity contribution in [1.82, 2.24) is 4.90 Å². The van der Waals surface area contributed by atoms with Gasteiger partial charge in [-0.25, -0.2) is 0 Å². The van der Waals surface area contributed by atoms with Crippen LogP contribution in [0.15, 0.2) is 23.5 Å². The highest BCUT2D eigenvalue weighted by molar-refractivity contribution is 5.27. The first-order valence-electron chi connectivity index (χ1n) is 5.57. The molecule has 5 nitrogen and oxygen atoms in total. The van der Waals surface area contributed by atoms with Crippen molar-refractivity contribution in [1.29, 1.82) is 0 Å². The third kappa shape index (κ3) is 1.95. The van der Waals surface area contributed by atoms with Crippen LogP contribution in [0.1, 0.15) is 19.8 Å². The maximum Gasteiger partial charge on any atom is 0.272 e. The van der Waals surface area contributed by atoms with Gasteiger partial charge < -0.3 is 10.0 Å². The SMILES string of the molecule is CC1CC=CC(N2CCC(O)C2)=C1[N+](=O)[O-]. The summed E-state index contributed by atoms with van der Waals surface area (Å²) >= 11 is 0. The molecule has 1 N–H and O–H groups in total. The van der Waals surface area contributed by atoms with E-state index in [-0.39, 0.29) is 22.6 Å². The van der Waals surface area contributed by atoms with Crippen LogP contribution in [0.3, 0.4) is 0 Å². The van der Waals surface area contributed by atoms with Gasteiger partial charge in [0.2, 0.25) is 0 Å². The highest BCUT2D eigenvalue weighted by Gasteiger charge is 2.32. The number of nitrogens with zero attached hydrogens (tertiary/aromatic N) is 2. The summed E-state index contributed by atoms with van der Waals surface area (Å²) in [5.41, 5.74) is 0.969. The van der Waals surface area contributed by atoms with E-state index in [4.69, 9.17) is 0 Å². The summed E-state index contributed by atoms with van der Waals surface area (Å²) in [7, 11) is 0. The standard InChI is InChI=1S/C11H16N2O3/c1-8-3-2-4-10(11(8)13(15)16)12-6-5-9(14)7-12/h2,4,8-9,14H,3,5-7H2,1H3. The molecule has 0 radical (unpaired) electrons. The molecule has 2 aliphatic rings. The Morgan fingerprint density at radius 1 is 1.62 bits per heavy atom. The molecular weight excluding hydrogens is 208 g/mol. The quantitative estimate of drug-likeness (QED) is 0.564. The van der Waals surface area contributed by atoms with Gasteiger partial charge in [-0.1, -0.05) is 13.0 Å². The first-order valence-corrected chi connectivity index (χ1v) is 5.57. The molecule has 0 bridgehead atoms. The summed E-state index contributed by atoms with van der Waals surface area (Å²) < 4.78 is 0. The van der Waals surface area contributed by atoms with Gasteiger partial charge in [-0.3, -0.25) is 10.1 Å². The first kappa shape index (κ1) is 11.1. The molecule has 0 aromatic carbocycles. The molecule has 2 rings (SSSR count). The van der Waals surface area contributed by atoms with E-state index in [1.165, 1.54) is 0 Å². The summed E-state index contributed by atoms with van der Waals surface area (Å²) in [5.74, 6) is -0.0484. The van der Waals surface area contributed by atoms with Crippen molar-refractivity contribution >= 4 is 0 Å². The highest BCUT2D eigenvalue weighted by Crippen LogP contribution is 2.29. The monoisotopic (exact) mass is 224 g/mol. The maximum atomic E-state index is 11.0. The second kappa shape index (κ2) is 4.25. The third-order valence-corrected chi connectivity index (χ3v) is 3.20. The van der Waals surface area contributed by atoms with Crippen LogP contribution in [0.2, 0.25) is 0 Å². The fourth-order valence-corrected chi connectivity index (χ4v) is 2.33. The lowest BCUT2D eigenvalue weighted by atomic mass is 9.97. The number of aliphatic hydroxyl groups excluding tert-OH is 1. The van der Waals surface area contributed by atoms with E-state index in [0.29, 0.717) is 25.2 Å². The molecule has 2 atom stereocenters. The Bertz CT molecular complexity index is 362. The van der Waals surface area contributed by atoms with Gasteiger partial charge in [0.1, 0.15) is 5.70 Å². The zero-order valence-corrected chi connectivity index (χ0v) is 9.30. The summed E-state index contributed by atoms with van der Waals surface area (Å²) in [6, 6.07) is 0. The Kier molecular flexibility index (Phi) is 2.96. The second-order valence-electron chi connectivity index (χ2n) is 4.46. The average molecular weight is 224 g/mol. The molecule has 1 fully saturated rings. The van der Waals surface area contributed by atoms with E-state index in [0.717, 1.165) is 6.42 Å². The number of aliphatic hydroxyl groups is 1. The Hall–Kier alpha value is -1.36. The van der Waals surface area contributed by atoms with E-state index < -0.39 is 0 Å². The number of allylic oxidation sites excluding steroid dienone is 3. The molecule has 0 aromatic heterocycles. The van der Waals surface area contributed by atoms with Crippen LogP contribution in [0.5, 0.6) is 0 Å². The Morgan fingerprint density at radius 3 is 2.94 bits per heavy atom. The number of hydrogen-bond donors (Lipinski definition) is 1. The van der Waals surface area contributed by atoms with Gasteiger partial charge in [0.15, 0.2) is 0 Å². The molecule has 0 spiro atoms. The normalized spacial score (nSPS) is 30.0. The second-order valence-corrected chi connectivity index (χ2v) is 4.46. The lowest BCUT2D eigenvalue weighted by Gasteiger charge is -2.23. The third-order valence-electron chi connectivity index (χ3n) is 3.20. The molecule has 1 aliphatic carbocycles. The van der Waals surface area contributed by atoms with Crippen LogP contribution in [-0.4, -0.2) is 34.1 Å². The van der Waals surface area contributed by atoms with Gasteiger partial charge in [-0.05, 0) is 18.9 Å². The Balaban J connectivity index is 2.31. The van der Waals surface area contributed by atoms with Crippen molar-refractivity contribution in [3.05, 3.63) is 33.7 Å². The molecule has 16 heavy (non-hydrogen) atoms. The molecule has 0 aromatic rings. The summed E-state index contributed by atoms with van der Waals surface area (Å²) in [4.78, 5) is 12.7. The van der Waals surface area contributed by atoms with Gasteiger partial charge in [-0.15, -0.1) is 0 Å². The van der Waals surface area contributed by atoms with E-state index in [1.807, 2.05) is 24.0 Å². The molecule has 0 saturated carbocycles. The van der Waals surface area contributed by atoms with Crippen molar-refractivity contribution in [3.63, 3.8) is 0 Å². The minimum Gasteiger partial charge on any atom is -0.391 e. The van der Waals surface area contributed by atoms with Crippen molar-refractivity contribution in [3.8, 4) is 0 Å². The fraction of sp³-hybridized carbons (Fsp3) is 0.636. The molecular formula is C11H16N2O3. The van der Waals surface area contributed by atoms with E-state index in [9.17, 15) is 15.2 Å². The predicted octanol–water partition coefficient (Wildman–Crippen LogP) is 1.14. The molecule has 88 valence electrons. The first-order chi connectivity index (χ1) is 7.59. The van der Waals surface area contributed by atoms with Gasteiger partial charge >= 0.3 is 0 Å². The zero-order valence-electron chi connectivity index (χ0n) is 9.30. The van der Waals surface area contributed by atoms with Crippen molar-refractivity contribution in [2.24, 2.45) is 5.92 Å². The summed E-state index contributed by atoms with van der Waals surface area (Å²) in [6.45, 7) is 3.07.